The Morgan fingerprint density at radius 2 is 2.32 bits per heavy atom. The number of rotatable bonds is 7. The first-order valence-corrected chi connectivity index (χ1v) is 6.47. The predicted molar refractivity (Wildman–Crippen MR) is 65.4 cm³/mol. The zero-order valence-corrected chi connectivity index (χ0v) is 11.1. The first kappa shape index (κ1) is 15.7. The summed E-state index contributed by atoms with van der Waals surface area (Å²) in [5.74, 6) is 0.0905. The molecular weight excluding hydrogens is 277 g/mol. The molecule has 0 aliphatic carbocycles. The lowest BCUT2D eigenvalue weighted by molar-refractivity contribution is -0.0831. The highest BCUT2D eigenvalue weighted by atomic mass is 31.1. The van der Waals surface area contributed by atoms with E-state index < -0.39 is 32.9 Å². The third kappa shape index (κ3) is 5.01. The van der Waals surface area contributed by atoms with E-state index in [9.17, 15) is 9.36 Å². The van der Waals surface area contributed by atoms with Crippen molar-refractivity contribution in [3.63, 3.8) is 0 Å². The van der Waals surface area contributed by atoms with Crippen LogP contribution in [0.1, 0.15) is 13.2 Å². The van der Waals surface area contributed by atoms with Gasteiger partial charge in [-0.1, -0.05) is 0 Å². The fraction of sp³-hybridized carbons (Fsp3) is 0.556. The topological polar surface area (TPSA) is 137 Å². The number of hydrogen-bond donors (Lipinski definition) is 3. The second kappa shape index (κ2) is 7.27. The summed E-state index contributed by atoms with van der Waals surface area (Å²) >= 11 is 0. The number of nitrogen functional groups attached to an aromatic ring is 1. The summed E-state index contributed by atoms with van der Waals surface area (Å²) in [5.41, 5.74) is 4.75. The van der Waals surface area contributed by atoms with Crippen molar-refractivity contribution in [2.45, 2.75) is 19.3 Å². The van der Waals surface area contributed by atoms with Gasteiger partial charge in [-0.3, -0.25) is 4.57 Å². The Balaban J connectivity index is 2.68. The number of aliphatic hydroxyl groups excluding tert-OH is 1. The van der Waals surface area contributed by atoms with Crippen LogP contribution in [0, 0.1) is 0 Å². The van der Waals surface area contributed by atoms with Crippen LogP contribution in [0.3, 0.4) is 0 Å². The lowest BCUT2D eigenvalue weighted by atomic mass is 10.4. The lowest BCUT2D eigenvalue weighted by Gasteiger charge is -2.20. The van der Waals surface area contributed by atoms with Crippen LogP contribution in [0.5, 0.6) is 0 Å². The van der Waals surface area contributed by atoms with Crippen LogP contribution in [0.2, 0.25) is 0 Å². The molecule has 3 atom stereocenters. The van der Waals surface area contributed by atoms with Crippen LogP contribution in [0.15, 0.2) is 17.1 Å². The maximum atomic E-state index is 11.5. The van der Waals surface area contributed by atoms with E-state index in [0.29, 0.717) is 0 Å². The third-order valence-corrected chi connectivity index (χ3v) is 2.58. The molecule has 1 aromatic heterocycles. The van der Waals surface area contributed by atoms with E-state index >= 15 is 0 Å². The van der Waals surface area contributed by atoms with Crippen molar-refractivity contribution >= 4 is 14.1 Å². The molecule has 0 radical (unpaired) electrons. The Morgan fingerprint density at radius 3 is 2.84 bits per heavy atom. The van der Waals surface area contributed by atoms with Crippen molar-refractivity contribution in [2.75, 3.05) is 18.9 Å². The Morgan fingerprint density at radius 1 is 1.63 bits per heavy atom. The van der Waals surface area contributed by atoms with E-state index in [1.54, 1.807) is 6.92 Å². The molecule has 9 nitrogen and oxygen atoms in total. The van der Waals surface area contributed by atoms with Crippen molar-refractivity contribution in [3.05, 3.63) is 22.7 Å². The van der Waals surface area contributed by atoms with Crippen molar-refractivity contribution < 1.29 is 23.8 Å². The molecule has 1 rings (SSSR count). The third-order valence-electron chi connectivity index (χ3n) is 2.21. The summed E-state index contributed by atoms with van der Waals surface area (Å²) in [6, 6.07) is 1.43. The van der Waals surface area contributed by atoms with Gasteiger partial charge in [0.05, 0.1) is 6.61 Å². The fourth-order valence-corrected chi connectivity index (χ4v) is 1.62. The van der Waals surface area contributed by atoms with Gasteiger partial charge in [-0.2, -0.15) is 4.98 Å². The maximum Gasteiger partial charge on any atom is 0.694 e. The van der Waals surface area contributed by atoms with Gasteiger partial charge >= 0.3 is 13.9 Å². The summed E-state index contributed by atoms with van der Waals surface area (Å²) in [5, 5.41) is 9.04. The monoisotopic (exact) mass is 292 g/mol. The van der Waals surface area contributed by atoms with Crippen molar-refractivity contribution in [1.82, 2.24) is 9.55 Å². The second-order valence-corrected chi connectivity index (χ2v) is 4.35. The summed E-state index contributed by atoms with van der Waals surface area (Å²) in [4.78, 5) is 23.5. The summed E-state index contributed by atoms with van der Waals surface area (Å²) in [6.07, 6.45) is -0.180. The Labute approximate surface area is 109 Å². The lowest BCUT2D eigenvalue weighted by Crippen LogP contribution is -2.32. The molecule has 10 heteroatoms. The molecule has 0 fully saturated rings. The first-order chi connectivity index (χ1) is 8.93. The van der Waals surface area contributed by atoms with E-state index in [0.717, 1.165) is 4.57 Å². The van der Waals surface area contributed by atoms with E-state index in [4.69, 9.17) is 20.5 Å². The van der Waals surface area contributed by atoms with Gasteiger partial charge in [0.25, 0.3) is 0 Å². The van der Waals surface area contributed by atoms with Gasteiger partial charge in [0, 0.05) is 10.8 Å². The van der Waals surface area contributed by atoms with Gasteiger partial charge in [0.1, 0.15) is 24.8 Å². The molecule has 19 heavy (non-hydrogen) atoms. The van der Waals surface area contributed by atoms with Crippen LogP contribution in [0.25, 0.3) is 0 Å². The number of nitrogens with two attached hydrogens (primary N) is 1. The quantitative estimate of drug-likeness (QED) is 0.566. The van der Waals surface area contributed by atoms with Crippen LogP contribution < -0.4 is 11.4 Å². The summed E-state index contributed by atoms with van der Waals surface area (Å²) in [7, 11) is -2.77. The minimum absolute atomic E-state index is 0.0905. The van der Waals surface area contributed by atoms with Crippen molar-refractivity contribution in [1.29, 1.82) is 0 Å². The van der Waals surface area contributed by atoms with E-state index in [2.05, 4.69) is 9.51 Å². The van der Waals surface area contributed by atoms with Crippen molar-refractivity contribution in [2.24, 2.45) is 0 Å². The predicted octanol–water partition coefficient (Wildman–Crippen LogP) is -0.612. The maximum absolute atomic E-state index is 11.5. The van der Waals surface area contributed by atoms with E-state index in [-0.39, 0.29) is 12.4 Å². The molecule has 0 saturated heterocycles. The Bertz CT molecular complexity index is 493. The molecule has 0 aromatic carbocycles. The van der Waals surface area contributed by atoms with Crippen molar-refractivity contribution in [3.8, 4) is 0 Å². The molecule has 0 saturated carbocycles. The molecule has 0 bridgehead atoms. The fourth-order valence-electron chi connectivity index (χ4n) is 1.33. The number of hydrogen-bond acceptors (Lipinski definition) is 7. The zero-order valence-electron chi connectivity index (χ0n) is 10.2. The Hall–Kier alpha value is -1.38. The molecule has 1 aromatic rings. The van der Waals surface area contributed by atoms with Gasteiger partial charge in [-0.05, 0) is 13.0 Å². The molecule has 1 unspecified atom stereocenters. The summed E-state index contributed by atoms with van der Waals surface area (Å²) in [6.45, 7) is 0.856. The average Bonchev–Trinajstić information content (AvgIpc) is 2.33. The minimum atomic E-state index is -2.77. The number of ether oxygens (including phenoxy) is 1. The van der Waals surface area contributed by atoms with Gasteiger partial charge < -0.3 is 15.6 Å². The molecule has 0 aliphatic heterocycles. The highest BCUT2D eigenvalue weighted by Gasteiger charge is 2.21. The number of aliphatic hydroxyl groups is 1. The van der Waals surface area contributed by atoms with Gasteiger partial charge in [-0.15, -0.1) is 9.42 Å². The number of anilines is 1. The molecule has 0 aliphatic rings. The molecular formula is C9H15N3O6P+. The Kier molecular flexibility index (Phi) is 6.00. The highest BCUT2D eigenvalue weighted by molar-refractivity contribution is 7.32. The van der Waals surface area contributed by atoms with E-state index in [1.165, 1.54) is 12.3 Å². The van der Waals surface area contributed by atoms with Gasteiger partial charge in [0.2, 0.25) is 0 Å². The zero-order chi connectivity index (χ0) is 14.4. The highest BCUT2D eigenvalue weighted by Crippen LogP contribution is 2.17. The average molecular weight is 292 g/mol. The molecule has 0 amide bonds. The van der Waals surface area contributed by atoms with Crippen LogP contribution in [0.4, 0.5) is 5.82 Å². The molecule has 106 valence electrons. The number of nitrogens with zero attached hydrogens (tertiary/aromatic N) is 2. The number of aromatic nitrogens is 2. The standard InChI is InChI=1S/C9H14N3O6P/c1-6(12-3-2-8(10)11-9(12)14)18-7(4-13)5-17-19(15)16/h2-3,6-7,13H,4-5H2,1H3,(H2-,10,11,14,15,16)/p+1/t6-,7-/m1/s1. The molecule has 4 N–H and O–H groups in total. The van der Waals surface area contributed by atoms with Gasteiger partial charge in [-0.25, -0.2) is 4.79 Å². The summed E-state index contributed by atoms with van der Waals surface area (Å²) < 4.78 is 21.3. The van der Waals surface area contributed by atoms with E-state index in [1.807, 2.05) is 0 Å². The van der Waals surface area contributed by atoms with Crippen LogP contribution in [-0.2, 0) is 13.8 Å². The second-order valence-electron chi connectivity index (χ2n) is 3.62. The minimum Gasteiger partial charge on any atom is -0.394 e. The SMILES string of the molecule is C[C@@H](O[C@H](CO)CO[P+](=O)O)n1ccc(N)nc1=O. The smallest absolute Gasteiger partial charge is 0.394 e. The normalized spacial score (nSPS) is 15.0. The molecule has 0 spiro atoms. The first-order valence-electron chi connectivity index (χ1n) is 5.34. The van der Waals surface area contributed by atoms with Gasteiger partial charge in [0.15, 0.2) is 0 Å². The largest absolute Gasteiger partial charge is 0.694 e. The van der Waals surface area contributed by atoms with Crippen LogP contribution >= 0.6 is 8.25 Å². The van der Waals surface area contributed by atoms with Crippen LogP contribution in [-0.4, -0.2) is 38.9 Å². The molecule has 1 heterocycles.